The van der Waals surface area contributed by atoms with Gasteiger partial charge in [0.15, 0.2) is 5.82 Å². The molecule has 0 radical (unpaired) electrons. The topological polar surface area (TPSA) is 43.8 Å². The number of hydrogen-bond acceptors (Lipinski definition) is 2. The van der Waals surface area contributed by atoms with Crippen molar-refractivity contribution in [2.75, 3.05) is 5.73 Å². The molecule has 0 fully saturated rings. The SMILES string of the molecule is Nc1nn(-c2ccc(Br)cc2)cc1Cl. The first kappa shape index (κ1) is 9.55. The standard InChI is InChI=1S/C9H7BrClN3/c10-6-1-3-7(4-2-6)14-5-8(11)9(12)13-14/h1-5H,(H2,12,13). The molecule has 1 aromatic heterocycles. The summed E-state index contributed by atoms with van der Waals surface area (Å²) >= 11 is 9.15. The van der Waals surface area contributed by atoms with Crippen LogP contribution in [-0.2, 0) is 0 Å². The van der Waals surface area contributed by atoms with E-state index in [1.165, 1.54) is 0 Å². The Labute approximate surface area is 94.6 Å². The first-order chi connectivity index (χ1) is 6.66. The summed E-state index contributed by atoms with van der Waals surface area (Å²) in [4.78, 5) is 0. The number of nitrogen functional groups attached to an aromatic ring is 1. The van der Waals surface area contributed by atoms with Crippen LogP contribution in [0.3, 0.4) is 0 Å². The second kappa shape index (κ2) is 3.63. The lowest BCUT2D eigenvalue weighted by Gasteiger charge is -1.99. The minimum Gasteiger partial charge on any atom is -0.381 e. The van der Waals surface area contributed by atoms with Crippen LogP contribution >= 0.6 is 27.5 Å². The van der Waals surface area contributed by atoms with Crippen molar-refractivity contribution in [3.63, 3.8) is 0 Å². The molecular weight excluding hydrogens is 265 g/mol. The van der Waals surface area contributed by atoms with Crippen LogP contribution in [0.5, 0.6) is 0 Å². The quantitative estimate of drug-likeness (QED) is 0.867. The summed E-state index contributed by atoms with van der Waals surface area (Å²) in [6.07, 6.45) is 1.68. The molecule has 1 aromatic carbocycles. The molecule has 0 spiro atoms. The Bertz CT molecular complexity index is 430. The molecular formula is C9H7BrClN3. The van der Waals surface area contributed by atoms with Crippen LogP contribution in [0.1, 0.15) is 0 Å². The lowest BCUT2D eigenvalue weighted by Crippen LogP contribution is -1.95. The van der Waals surface area contributed by atoms with Crippen molar-refractivity contribution in [3.8, 4) is 5.69 Å². The van der Waals surface area contributed by atoms with E-state index in [0.29, 0.717) is 10.8 Å². The number of nitrogens with two attached hydrogens (primary N) is 1. The highest BCUT2D eigenvalue weighted by molar-refractivity contribution is 9.10. The minimum absolute atomic E-state index is 0.342. The Hall–Kier alpha value is -1.00. The van der Waals surface area contributed by atoms with E-state index in [-0.39, 0.29) is 0 Å². The van der Waals surface area contributed by atoms with E-state index in [4.69, 9.17) is 17.3 Å². The van der Waals surface area contributed by atoms with E-state index in [9.17, 15) is 0 Å². The number of aromatic nitrogens is 2. The molecule has 14 heavy (non-hydrogen) atoms. The molecule has 0 atom stereocenters. The smallest absolute Gasteiger partial charge is 0.164 e. The molecule has 2 N–H and O–H groups in total. The third-order valence-electron chi connectivity index (χ3n) is 1.79. The average molecular weight is 273 g/mol. The van der Waals surface area contributed by atoms with E-state index in [0.717, 1.165) is 10.2 Å². The van der Waals surface area contributed by atoms with Crippen LogP contribution in [0.4, 0.5) is 5.82 Å². The Kier molecular flexibility index (Phi) is 2.48. The summed E-state index contributed by atoms with van der Waals surface area (Å²) in [7, 11) is 0. The van der Waals surface area contributed by atoms with Crippen LogP contribution < -0.4 is 5.73 Å². The molecule has 0 saturated carbocycles. The Morgan fingerprint density at radius 1 is 1.29 bits per heavy atom. The van der Waals surface area contributed by atoms with Gasteiger partial charge in [0.05, 0.1) is 11.9 Å². The van der Waals surface area contributed by atoms with E-state index in [1.54, 1.807) is 10.9 Å². The minimum atomic E-state index is 0.342. The largest absolute Gasteiger partial charge is 0.381 e. The van der Waals surface area contributed by atoms with Gasteiger partial charge in [-0.2, -0.15) is 0 Å². The molecule has 0 aliphatic carbocycles. The molecule has 0 saturated heterocycles. The van der Waals surface area contributed by atoms with Crippen molar-refractivity contribution in [3.05, 3.63) is 40.0 Å². The molecule has 0 amide bonds. The first-order valence-corrected chi connectivity index (χ1v) is 5.10. The van der Waals surface area contributed by atoms with Crippen LogP contribution in [0.2, 0.25) is 5.02 Å². The molecule has 0 bridgehead atoms. The second-order valence-corrected chi connectivity index (χ2v) is 4.11. The van der Waals surface area contributed by atoms with Crippen molar-refractivity contribution in [2.45, 2.75) is 0 Å². The van der Waals surface area contributed by atoms with Gasteiger partial charge in [0.2, 0.25) is 0 Å². The number of nitrogens with zero attached hydrogens (tertiary/aromatic N) is 2. The van der Waals surface area contributed by atoms with Crippen molar-refractivity contribution in [1.29, 1.82) is 0 Å². The Morgan fingerprint density at radius 3 is 2.43 bits per heavy atom. The molecule has 0 unspecified atom stereocenters. The molecule has 72 valence electrons. The van der Waals surface area contributed by atoms with Gasteiger partial charge >= 0.3 is 0 Å². The van der Waals surface area contributed by atoms with Gasteiger partial charge in [-0.1, -0.05) is 27.5 Å². The monoisotopic (exact) mass is 271 g/mol. The number of benzene rings is 1. The van der Waals surface area contributed by atoms with E-state index < -0.39 is 0 Å². The maximum absolute atomic E-state index is 5.79. The summed E-state index contributed by atoms with van der Waals surface area (Å²) < 4.78 is 2.66. The summed E-state index contributed by atoms with van der Waals surface area (Å²) in [5, 5.41) is 4.52. The average Bonchev–Trinajstić information content (AvgIpc) is 2.48. The van der Waals surface area contributed by atoms with Crippen LogP contribution in [0.25, 0.3) is 5.69 Å². The zero-order valence-corrected chi connectivity index (χ0v) is 9.46. The lowest BCUT2D eigenvalue weighted by atomic mass is 10.3. The maximum Gasteiger partial charge on any atom is 0.164 e. The van der Waals surface area contributed by atoms with Gasteiger partial charge in [0, 0.05) is 4.47 Å². The molecule has 5 heteroatoms. The van der Waals surface area contributed by atoms with Crippen molar-refractivity contribution < 1.29 is 0 Å². The van der Waals surface area contributed by atoms with Crippen LogP contribution in [0.15, 0.2) is 34.9 Å². The van der Waals surface area contributed by atoms with E-state index in [1.807, 2.05) is 24.3 Å². The van der Waals surface area contributed by atoms with Gasteiger partial charge in [-0.25, -0.2) is 4.68 Å². The van der Waals surface area contributed by atoms with Crippen LogP contribution in [0, 0.1) is 0 Å². The summed E-state index contributed by atoms with van der Waals surface area (Å²) in [5.74, 6) is 0.342. The molecule has 1 heterocycles. The predicted octanol–water partition coefficient (Wildman–Crippen LogP) is 2.87. The number of rotatable bonds is 1. The molecule has 2 rings (SSSR count). The zero-order chi connectivity index (χ0) is 10.1. The summed E-state index contributed by atoms with van der Waals surface area (Å²) in [5.41, 5.74) is 6.46. The van der Waals surface area contributed by atoms with Gasteiger partial charge < -0.3 is 5.73 Å². The Balaban J connectivity index is 2.44. The normalized spacial score (nSPS) is 10.4. The van der Waals surface area contributed by atoms with Gasteiger partial charge in [-0.15, -0.1) is 5.10 Å². The van der Waals surface area contributed by atoms with Crippen LogP contribution in [-0.4, -0.2) is 9.78 Å². The maximum atomic E-state index is 5.79. The van der Waals surface area contributed by atoms with E-state index in [2.05, 4.69) is 21.0 Å². The van der Waals surface area contributed by atoms with Crippen molar-refractivity contribution in [2.24, 2.45) is 0 Å². The van der Waals surface area contributed by atoms with Gasteiger partial charge in [-0.3, -0.25) is 0 Å². The fourth-order valence-corrected chi connectivity index (χ4v) is 1.49. The van der Waals surface area contributed by atoms with Gasteiger partial charge in [0.25, 0.3) is 0 Å². The predicted molar refractivity (Wildman–Crippen MR) is 60.7 cm³/mol. The first-order valence-electron chi connectivity index (χ1n) is 3.93. The lowest BCUT2D eigenvalue weighted by molar-refractivity contribution is 0.886. The highest BCUT2D eigenvalue weighted by Gasteiger charge is 2.03. The van der Waals surface area contributed by atoms with Gasteiger partial charge in [0.1, 0.15) is 5.02 Å². The Morgan fingerprint density at radius 2 is 1.93 bits per heavy atom. The fraction of sp³-hybridized carbons (Fsp3) is 0. The van der Waals surface area contributed by atoms with Crippen molar-refractivity contribution >= 4 is 33.3 Å². The molecule has 2 aromatic rings. The van der Waals surface area contributed by atoms with E-state index >= 15 is 0 Å². The highest BCUT2D eigenvalue weighted by atomic mass is 79.9. The zero-order valence-electron chi connectivity index (χ0n) is 7.11. The second-order valence-electron chi connectivity index (χ2n) is 2.78. The number of hydrogen-bond donors (Lipinski definition) is 1. The summed E-state index contributed by atoms with van der Waals surface area (Å²) in [6, 6.07) is 7.71. The molecule has 0 aliphatic rings. The number of halogens is 2. The van der Waals surface area contributed by atoms with Gasteiger partial charge in [-0.05, 0) is 24.3 Å². The summed E-state index contributed by atoms with van der Waals surface area (Å²) in [6.45, 7) is 0. The number of anilines is 1. The molecule has 3 nitrogen and oxygen atoms in total. The molecule has 0 aliphatic heterocycles. The third kappa shape index (κ3) is 1.76. The fourth-order valence-electron chi connectivity index (χ4n) is 1.09. The highest BCUT2D eigenvalue weighted by Crippen LogP contribution is 2.19. The third-order valence-corrected chi connectivity index (χ3v) is 2.61. The van der Waals surface area contributed by atoms with Crippen molar-refractivity contribution in [1.82, 2.24) is 9.78 Å².